The van der Waals surface area contributed by atoms with Crippen LogP contribution >= 0.6 is 0 Å². The molecule has 5 heteroatoms. The summed E-state index contributed by atoms with van der Waals surface area (Å²) < 4.78 is 11.3. The summed E-state index contributed by atoms with van der Waals surface area (Å²) in [5, 5.41) is 1.09. The Hall–Kier alpha value is -2.40. The molecule has 0 N–H and O–H groups in total. The van der Waals surface area contributed by atoms with E-state index in [1.165, 1.54) is 5.56 Å². The van der Waals surface area contributed by atoms with E-state index in [0.29, 0.717) is 6.61 Å². The van der Waals surface area contributed by atoms with Crippen molar-refractivity contribution in [2.45, 2.75) is 13.0 Å². The third kappa shape index (κ3) is 2.33. The standard InChI is InChI=1S/C17H17N3O2/c1-12-4-5-14-13(9-12)17(19-11-18-14)20-6-8-22-16(10-20)15-3-2-7-21-15/h2-5,7,9,11,16H,6,8,10H2,1H3. The minimum Gasteiger partial charge on any atom is -0.467 e. The number of aryl methyl sites for hydroxylation is 1. The van der Waals surface area contributed by atoms with Crippen molar-refractivity contribution in [1.82, 2.24) is 9.97 Å². The number of aromatic nitrogens is 2. The highest BCUT2D eigenvalue weighted by Crippen LogP contribution is 2.29. The predicted molar refractivity (Wildman–Crippen MR) is 83.9 cm³/mol. The zero-order valence-electron chi connectivity index (χ0n) is 12.4. The predicted octanol–water partition coefficient (Wildman–Crippen LogP) is 3.11. The molecule has 0 radical (unpaired) electrons. The molecule has 0 saturated carbocycles. The molecule has 1 aromatic carbocycles. The average Bonchev–Trinajstić information content (AvgIpc) is 3.09. The van der Waals surface area contributed by atoms with Gasteiger partial charge >= 0.3 is 0 Å². The van der Waals surface area contributed by atoms with Gasteiger partial charge in [0.2, 0.25) is 0 Å². The number of benzene rings is 1. The first-order chi connectivity index (χ1) is 10.8. The maximum atomic E-state index is 5.83. The summed E-state index contributed by atoms with van der Waals surface area (Å²) in [4.78, 5) is 11.1. The third-order valence-electron chi connectivity index (χ3n) is 4.00. The molecule has 112 valence electrons. The first kappa shape index (κ1) is 13.3. The van der Waals surface area contributed by atoms with E-state index in [1.54, 1.807) is 12.6 Å². The van der Waals surface area contributed by atoms with Crippen molar-refractivity contribution in [1.29, 1.82) is 0 Å². The van der Waals surface area contributed by atoms with E-state index < -0.39 is 0 Å². The molecule has 0 bridgehead atoms. The summed E-state index contributed by atoms with van der Waals surface area (Å²) >= 11 is 0. The van der Waals surface area contributed by atoms with Gasteiger partial charge in [0.1, 0.15) is 24.0 Å². The molecule has 0 aliphatic carbocycles. The summed E-state index contributed by atoms with van der Waals surface area (Å²) in [5.41, 5.74) is 2.18. The normalized spacial score (nSPS) is 18.8. The highest BCUT2D eigenvalue weighted by molar-refractivity contribution is 5.89. The monoisotopic (exact) mass is 295 g/mol. The second kappa shape index (κ2) is 5.42. The fourth-order valence-electron chi connectivity index (χ4n) is 2.90. The van der Waals surface area contributed by atoms with E-state index in [4.69, 9.17) is 9.15 Å². The largest absolute Gasteiger partial charge is 0.467 e. The first-order valence-electron chi connectivity index (χ1n) is 7.42. The molecule has 0 amide bonds. The van der Waals surface area contributed by atoms with Gasteiger partial charge in [0, 0.05) is 11.9 Å². The van der Waals surface area contributed by atoms with E-state index in [2.05, 4.69) is 33.9 Å². The fourth-order valence-corrected chi connectivity index (χ4v) is 2.90. The molecule has 1 fully saturated rings. The van der Waals surface area contributed by atoms with Crippen molar-refractivity contribution >= 4 is 16.7 Å². The van der Waals surface area contributed by atoms with Gasteiger partial charge in [-0.15, -0.1) is 0 Å². The van der Waals surface area contributed by atoms with Crippen LogP contribution in [0, 0.1) is 6.92 Å². The molecule has 22 heavy (non-hydrogen) atoms. The zero-order valence-corrected chi connectivity index (χ0v) is 12.4. The molecule has 2 aromatic heterocycles. The number of hydrogen-bond acceptors (Lipinski definition) is 5. The molecule has 1 aliphatic rings. The molecule has 3 aromatic rings. The van der Waals surface area contributed by atoms with Gasteiger partial charge in [0.15, 0.2) is 0 Å². The van der Waals surface area contributed by atoms with Crippen LogP contribution in [-0.2, 0) is 4.74 Å². The van der Waals surface area contributed by atoms with Crippen LogP contribution < -0.4 is 4.90 Å². The Morgan fingerprint density at radius 1 is 1.23 bits per heavy atom. The van der Waals surface area contributed by atoms with Gasteiger partial charge in [-0.25, -0.2) is 9.97 Å². The summed E-state index contributed by atoms with van der Waals surface area (Å²) in [6.07, 6.45) is 3.25. The topological polar surface area (TPSA) is 51.4 Å². The first-order valence-corrected chi connectivity index (χ1v) is 7.42. The minimum atomic E-state index is -0.0569. The summed E-state index contributed by atoms with van der Waals surface area (Å²) in [6.45, 7) is 4.29. The molecule has 0 spiro atoms. The van der Waals surface area contributed by atoms with Crippen LogP contribution in [-0.4, -0.2) is 29.7 Å². The van der Waals surface area contributed by atoms with Crippen molar-refractivity contribution in [2.75, 3.05) is 24.6 Å². The van der Waals surface area contributed by atoms with Crippen molar-refractivity contribution in [2.24, 2.45) is 0 Å². The molecular weight excluding hydrogens is 278 g/mol. The maximum Gasteiger partial charge on any atom is 0.140 e. The average molecular weight is 295 g/mol. The Labute approximate surface area is 128 Å². The number of rotatable bonds is 2. The number of ether oxygens (including phenoxy) is 1. The highest BCUT2D eigenvalue weighted by Gasteiger charge is 2.25. The van der Waals surface area contributed by atoms with Crippen LogP contribution in [0.2, 0.25) is 0 Å². The Bertz CT molecular complexity index is 786. The van der Waals surface area contributed by atoms with Crippen LogP contribution in [0.15, 0.2) is 47.3 Å². The Balaban J connectivity index is 1.70. The number of anilines is 1. The lowest BCUT2D eigenvalue weighted by molar-refractivity contribution is 0.0256. The van der Waals surface area contributed by atoms with Crippen molar-refractivity contribution < 1.29 is 9.15 Å². The second-order valence-corrected chi connectivity index (χ2v) is 5.54. The number of fused-ring (bicyclic) bond motifs is 1. The van der Waals surface area contributed by atoms with Crippen LogP contribution in [0.4, 0.5) is 5.82 Å². The number of furan rings is 1. The van der Waals surface area contributed by atoms with E-state index in [0.717, 1.165) is 35.6 Å². The van der Waals surface area contributed by atoms with Crippen molar-refractivity contribution in [3.63, 3.8) is 0 Å². The van der Waals surface area contributed by atoms with Gasteiger partial charge in [0.25, 0.3) is 0 Å². The van der Waals surface area contributed by atoms with Crippen molar-refractivity contribution in [3.05, 3.63) is 54.2 Å². The number of nitrogens with zero attached hydrogens (tertiary/aromatic N) is 3. The van der Waals surface area contributed by atoms with E-state index in [-0.39, 0.29) is 6.10 Å². The van der Waals surface area contributed by atoms with Crippen molar-refractivity contribution in [3.8, 4) is 0 Å². The van der Waals surface area contributed by atoms with Gasteiger partial charge in [-0.05, 0) is 31.2 Å². The van der Waals surface area contributed by atoms with Crippen LogP contribution in [0.3, 0.4) is 0 Å². The van der Waals surface area contributed by atoms with Gasteiger partial charge in [-0.2, -0.15) is 0 Å². The van der Waals surface area contributed by atoms with Crippen LogP contribution in [0.5, 0.6) is 0 Å². The summed E-state index contributed by atoms with van der Waals surface area (Å²) in [6, 6.07) is 10.1. The minimum absolute atomic E-state index is 0.0569. The third-order valence-corrected chi connectivity index (χ3v) is 4.00. The molecule has 5 nitrogen and oxygen atoms in total. The molecule has 1 saturated heterocycles. The maximum absolute atomic E-state index is 5.83. The van der Waals surface area contributed by atoms with Gasteiger partial charge in [-0.1, -0.05) is 11.6 Å². The molecule has 1 atom stereocenters. The van der Waals surface area contributed by atoms with E-state index in [9.17, 15) is 0 Å². The lowest BCUT2D eigenvalue weighted by Crippen LogP contribution is -2.38. The molecule has 1 aliphatic heterocycles. The number of hydrogen-bond donors (Lipinski definition) is 0. The summed E-state index contributed by atoms with van der Waals surface area (Å²) in [5.74, 6) is 1.83. The smallest absolute Gasteiger partial charge is 0.140 e. The second-order valence-electron chi connectivity index (χ2n) is 5.54. The Morgan fingerprint density at radius 2 is 2.18 bits per heavy atom. The lowest BCUT2D eigenvalue weighted by Gasteiger charge is -2.33. The lowest BCUT2D eigenvalue weighted by atomic mass is 10.1. The zero-order chi connectivity index (χ0) is 14.9. The molecular formula is C17H17N3O2. The highest BCUT2D eigenvalue weighted by atomic mass is 16.5. The van der Waals surface area contributed by atoms with Gasteiger partial charge in [-0.3, -0.25) is 0 Å². The van der Waals surface area contributed by atoms with E-state index in [1.807, 2.05) is 18.2 Å². The molecule has 1 unspecified atom stereocenters. The Morgan fingerprint density at radius 3 is 3.05 bits per heavy atom. The SMILES string of the molecule is Cc1ccc2ncnc(N3CCOC(c4ccco4)C3)c2c1. The molecule has 4 rings (SSSR count). The van der Waals surface area contributed by atoms with Gasteiger partial charge in [0.05, 0.1) is 24.9 Å². The van der Waals surface area contributed by atoms with Gasteiger partial charge < -0.3 is 14.1 Å². The van der Waals surface area contributed by atoms with Crippen LogP contribution in [0.25, 0.3) is 10.9 Å². The number of morpholine rings is 1. The summed E-state index contributed by atoms with van der Waals surface area (Å²) in [7, 11) is 0. The fraction of sp³-hybridized carbons (Fsp3) is 0.294. The molecule has 3 heterocycles. The van der Waals surface area contributed by atoms with E-state index >= 15 is 0 Å². The quantitative estimate of drug-likeness (QED) is 0.727. The van der Waals surface area contributed by atoms with Crippen LogP contribution in [0.1, 0.15) is 17.4 Å². The Kier molecular flexibility index (Phi) is 3.27.